The summed E-state index contributed by atoms with van der Waals surface area (Å²) in [5, 5.41) is 0. The van der Waals surface area contributed by atoms with Crippen LogP contribution >= 0.6 is 11.8 Å². The number of rotatable bonds is 0. The van der Waals surface area contributed by atoms with Crippen molar-refractivity contribution in [2.75, 3.05) is 11.5 Å². The van der Waals surface area contributed by atoms with Gasteiger partial charge >= 0.3 is 0 Å². The molecule has 1 aliphatic rings. The van der Waals surface area contributed by atoms with Crippen molar-refractivity contribution in [2.45, 2.75) is 31.7 Å². The third-order valence-corrected chi connectivity index (χ3v) is 2.88. The van der Waals surface area contributed by atoms with Crippen LogP contribution in [0.1, 0.15) is 25.7 Å². The Labute approximate surface area is 61.4 Å². The maximum Gasteiger partial charge on any atom is 0.00394 e. The molecule has 9 heavy (non-hydrogen) atoms. The number of hydrogen-bond donors (Lipinski definition) is 1. The summed E-state index contributed by atoms with van der Waals surface area (Å²) < 4.78 is 0. The molecule has 0 atom stereocenters. The topological polar surface area (TPSA) is 26.0 Å². The second-order valence-corrected chi connectivity index (χ2v) is 3.88. The lowest BCUT2D eigenvalue weighted by molar-refractivity contribution is 0.552. The van der Waals surface area contributed by atoms with E-state index < -0.39 is 0 Å². The van der Waals surface area contributed by atoms with Crippen LogP contribution in [0.15, 0.2) is 0 Å². The predicted molar refractivity (Wildman–Crippen MR) is 43.8 cm³/mol. The van der Waals surface area contributed by atoms with Gasteiger partial charge in [-0.3, -0.25) is 0 Å². The molecule has 0 unspecified atom stereocenters. The van der Waals surface area contributed by atoms with Crippen molar-refractivity contribution >= 4 is 11.8 Å². The van der Waals surface area contributed by atoms with E-state index in [1.165, 1.54) is 37.2 Å². The van der Waals surface area contributed by atoms with Gasteiger partial charge in [0.1, 0.15) is 0 Å². The van der Waals surface area contributed by atoms with Gasteiger partial charge in [0.2, 0.25) is 0 Å². The molecule has 0 radical (unpaired) electrons. The van der Waals surface area contributed by atoms with E-state index in [0.717, 1.165) is 0 Å². The predicted octanol–water partition coefficient (Wildman–Crippen LogP) is 1.62. The van der Waals surface area contributed by atoms with Gasteiger partial charge < -0.3 is 5.73 Å². The van der Waals surface area contributed by atoms with E-state index in [0.29, 0.717) is 6.04 Å². The van der Waals surface area contributed by atoms with E-state index >= 15 is 0 Å². The van der Waals surface area contributed by atoms with Gasteiger partial charge in [0.05, 0.1) is 0 Å². The summed E-state index contributed by atoms with van der Waals surface area (Å²) in [4.78, 5) is 0. The molecule has 0 aliphatic carbocycles. The summed E-state index contributed by atoms with van der Waals surface area (Å²) in [6, 6.07) is 0.505. The summed E-state index contributed by atoms with van der Waals surface area (Å²) >= 11 is 2.08. The first kappa shape index (κ1) is 7.42. The third-order valence-electron chi connectivity index (χ3n) is 1.73. The first-order valence-electron chi connectivity index (χ1n) is 3.73. The van der Waals surface area contributed by atoms with Gasteiger partial charge in [0, 0.05) is 6.04 Å². The molecule has 1 heterocycles. The van der Waals surface area contributed by atoms with Crippen molar-refractivity contribution < 1.29 is 0 Å². The smallest absolute Gasteiger partial charge is 0.00394 e. The van der Waals surface area contributed by atoms with Gasteiger partial charge in [-0.1, -0.05) is 0 Å². The van der Waals surface area contributed by atoms with Crippen LogP contribution in [-0.2, 0) is 0 Å². The molecule has 1 nitrogen and oxygen atoms in total. The molecule has 1 saturated heterocycles. The van der Waals surface area contributed by atoms with Crippen LogP contribution in [0, 0.1) is 0 Å². The molecule has 2 N–H and O–H groups in total. The van der Waals surface area contributed by atoms with Crippen molar-refractivity contribution in [3.8, 4) is 0 Å². The van der Waals surface area contributed by atoms with Crippen LogP contribution in [0.4, 0.5) is 0 Å². The lowest BCUT2D eigenvalue weighted by Crippen LogP contribution is -2.21. The van der Waals surface area contributed by atoms with Gasteiger partial charge in [-0.05, 0) is 37.2 Å². The molecule has 0 aromatic rings. The fourth-order valence-electron chi connectivity index (χ4n) is 1.14. The Morgan fingerprint density at radius 3 is 2.22 bits per heavy atom. The summed E-state index contributed by atoms with van der Waals surface area (Å²) in [7, 11) is 0. The Kier molecular flexibility index (Phi) is 3.44. The van der Waals surface area contributed by atoms with Gasteiger partial charge in [-0.15, -0.1) is 0 Å². The van der Waals surface area contributed by atoms with Crippen LogP contribution in [0.5, 0.6) is 0 Å². The third kappa shape index (κ3) is 3.11. The average molecular weight is 145 g/mol. The molecule has 1 fully saturated rings. The molecule has 1 aliphatic heterocycles. The highest BCUT2D eigenvalue weighted by molar-refractivity contribution is 7.99. The standard InChI is InChI=1S/C7H15NS/c8-7-3-1-5-9-6-2-4-7/h7H,1-6,8H2. The number of thioether (sulfide) groups is 1. The lowest BCUT2D eigenvalue weighted by atomic mass is 10.1. The van der Waals surface area contributed by atoms with E-state index in [2.05, 4.69) is 11.8 Å². The fraction of sp³-hybridized carbons (Fsp3) is 1.00. The second kappa shape index (κ2) is 4.18. The molecule has 0 amide bonds. The molecular formula is C7H15NS. The van der Waals surface area contributed by atoms with Crippen LogP contribution in [-0.4, -0.2) is 17.5 Å². The Bertz CT molecular complexity index is 67.3. The molecule has 1 rings (SSSR count). The zero-order chi connectivity index (χ0) is 6.53. The van der Waals surface area contributed by atoms with Crippen LogP contribution in [0.3, 0.4) is 0 Å². The summed E-state index contributed by atoms with van der Waals surface area (Å²) in [5.41, 5.74) is 5.79. The molecule has 0 bridgehead atoms. The van der Waals surface area contributed by atoms with Gasteiger partial charge in [-0.2, -0.15) is 11.8 Å². The maximum atomic E-state index is 5.79. The van der Waals surface area contributed by atoms with Crippen LogP contribution in [0.2, 0.25) is 0 Å². The van der Waals surface area contributed by atoms with Crippen molar-refractivity contribution in [1.29, 1.82) is 0 Å². The quantitative estimate of drug-likeness (QED) is 0.560. The average Bonchev–Trinajstić information content (AvgIpc) is 1.79. The summed E-state index contributed by atoms with van der Waals surface area (Å²) in [5.74, 6) is 2.65. The Hall–Kier alpha value is 0.310. The number of nitrogens with two attached hydrogens (primary N) is 1. The van der Waals surface area contributed by atoms with E-state index in [4.69, 9.17) is 5.73 Å². The van der Waals surface area contributed by atoms with Crippen molar-refractivity contribution in [1.82, 2.24) is 0 Å². The molecular weight excluding hydrogens is 130 g/mol. The molecule has 0 aromatic carbocycles. The van der Waals surface area contributed by atoms with E-state index in [1.54, 1.807) is 0 Å². The molecule has 54 valence electrons. The minimum Gasteiger partial charge on any atom is -0.328 e. The van der Waals surface area contributed by atoms with Gasteiger partial charge in [0.15, 0.2) is 0 Å². The molecule has 0 saturated carbocycles. The molecule has 0 spiro atoms. The minimum atomic E-state index is 0.505. The highest BCUT2D eigenvalue weighted by atomic mass is 32.2. The van der Waals surface area contributed by atoms with E-state index in [1.807, 2.05) is 0 Å². The maximum absolute atomic E-state index is 5.79. The number of hydrogen-bond acceptors (Lipinski definition) is 2. The van der Waals surface area contributed by atoms with Crippen LogP contribution in [0.25, 0.3) is 0 Å². The Balaban J connectivity index is 2.12. The van der Waals surface area contributed by atoms with E-state index in [9.17, 15) is 0 Å². The first-order chi connectivity index (χ1) is 4.39. The Morgan fingerprint density at radius 2 is 1.67 bits per heavy atom. The van der Waals surface area contributed by atoms with Gasteiger partial charge in [0.25, 0.3) is 0 Å². The monoisotopic (exact) mass is 145 g/mol. The second-order valence-electron chi connectivity index (χ2n) is 2.66. The van der Waals surface area contributed by atoms with Crippen molar-refractivity contribution in [3.05, 3.63) is 0 Å². The minimum absolute atomic E-state index is 0.505. The zero-order valence-corrected chi connectivity index (χ0v) is 6.62. The van der Waals surface area contributed by atoms with Gasteiger partial charge in [-0.25, -0.2) is 0 Å². The SMILES string of the molecule is NC1CCCSCCC1. The normalized spacial score (nSPS) is 25.0. The Morgan fingerprint density at radius 1 is 1.11 bits per heavy atom. The lowest BCUT2D eigenvalue weighted by Gasteiger charge is -2.13. The zero-order valence-electron chi connectivity index (χ0n) is 5.81. The van der Waals surface area contributed by atoms with Crippen molar-refractivity contribution in [3.63, 3.8) is 0 Å². The first-order valence-corrected chi connectivity index (χ1v) is 4.88. The fourth-order valence-corrected chi connectivity index (χ4v) is 2.09. The highest BCUT2D eigenvalue weighted by Crippen LogP contribution is 2.14. The highest BCUT2D eigenvalue weighted by Gasteiger charge is 2.04. The largest absolute Gasteiger partial charge is 0.328 e. The summed E-state index contributed by atoms with van der Waals surface area (Å²) in [6.07, 6.45) is 5.14. The van der Waals surface area contributed by atoms with Crippen molar-refractivity contribution in [2.24, 2.45) is 5.73 Å². The van der Waals surface area contributed by atoms with Crippen LogP contribution < -0.4 is 5.73 Å². The van der Waals surface area contributed by atoms with E-state index in [-0.39, 0.29) is 0 Å². The molecule has 2 heteroatoms. The molecule has 0 aromatic heterocycles. The summed E-state index contributed by atoms with van der Waals surface area (Å²) in [6.45, 7) is 0.